The highest BCUT2D eigenvalue weighted by molar-refractivity contribution is 5.98. The molecular formula is C24H27N7O2. The van der Waals surface area contributed by atoms with E-state index in [2.05, 4.69) is 33.4 Å². The third kappa shape index (κ3) is 3.30. The fourth-order valence-corrected chi connectivity index (χ4v) is 5.32. The number of H-pyrrole nitrogens is 1. The Labute approximate surface area is 191 Å². The molecule has 33 heavy (non-hydrogen) atoms. The highest BCUT2D eigenvalue weighted by Gasteiger charge is 2.48. The number of methoxy groups -OCH3 is 1. The Bertz CT molecular complexity index is 1350. The van der Waals surface area contributed by atoms with Gasteiger partial charge in [-0.3, -0.25) is 4.79 Å². The first-order valence-electron chi connectivity index (χ1n) is 11.5. The van der Waals surface area contributed by atoms with Crippen molar-refractivity contribution < 1.29 is 9.53 Å². The van der Waals surface area contributed by atoms with Crippen molar-refractivity contribution >= 4 is 28.4 Å². The largest absolute Gasteiger partial charge is 0.480 e. The topological polar surface area (TPSA) is 100 Å². The fraction of sp³-hybridized carbons (Fsp3) is 0.417. The van der Waals surface area contributed by atoms with Crippen LogP contribution >= 0.6 is 0 Å². The zero-order chi connectivity index (χ0) is 22.6. The molecule has 9 nitrogen and oxygen atoms in total. The molecular weight excluding hydrogens is 418 g/mol. The second-order valence-corrected chi connectivity index (χ2v) is 9.41. The number of carbonyl (C=O) groups is 1. The van der Waals surface area contributed by atoms with Crippen LogP contribution in [-0.4, -0.2) is 61.6 Å². The zero-order valence-electron chi connectivity index (χ0n) is 18.8. The Morgan fingerprint density at radius 2 is 2.06 bits per heavy atom. The van der Waals surface area contributed by atoms with E-state index in [1.807, 2.05) is 33.9 Å². The summed E-state index contributed by atoms with van der Waals surface area (Å²) in [6.45, 7) is 3.87. The number of fused-ring (bicyclic) bond motifs is 2. The number of nitrogens with one attached hydrogen (secondary N) is 2. The first-order valence-corrected chi connectivity index (χ1v) is 11.5. The van der Waals surface area contributed by atoms with Gasteiger partial charge in [0.05, 0.1) is 23.4 Å². The Kier molecular flexibility index (Phi) is 4.53. The molecule has 0 spiro atoms. The molecule has 0 radical (unpaired) electrons. The van der Waals surface area contributed by atoms with Gasteiger partial charge < -0.3 is 19.9 Å². The number of anilines is 1. The monoisotopic (exact) mass is 445 g/mol. The summed E-state index contributed by atoms with van der Waals surface area (Å²) >= 11 is 0. The number of rotatable bonds is 5. The van der Waals surface area contributed by atoms with Gasteiger partial charge in [-0.15, -0.1) is 0 Å². The quantitative estimate of drug-likeness (QED) is 0.488. The van der Waals surface area contributed by atoms with Crippen LogP contribution in [0.3, 0.4) is 0 Å². The number of hydrogen-bond donors (Lipinski definition) is 2. The van der Waals surface area contributed by atoms with E-state index in [-0.39, 0.29) is 17.4 Å². The van der Waals surface area contributed by atoms with E-state index in [9.17, 15) is 4.79 Å². The number of nitrogens with zero attached hydrogens (tertiary/aromatic N) is 5. The molecule has 2 aliphatic rings. The normalized spacial score (nSPS) is 22.6. The highest BCUT2D eigenvalue weighted by atomic mass is 16.5. The molecule has 0 bridgehead atoms. The first kappa shape index (κ1) is 20.0. The van der Waals surface area contributed by atoms with Gasteiger partial charge in [-0.25, -0.2) is 4.52 Å². The van der Waals surface area contributed by atoms with Crippen molar-refractivity contribution in [3.05, 3.63) is 36.8 Å². The standard InChI is InChI=1S/C24H27N7O2/c1-24(22(32)30-8-3-4-9-30)12-16(13-24)27-23-28-20-19(21(29-23)33-2)18(14-25-20)15-6-10-31-17(11-15)5-7-26-31/h5-7,10-11,14,16H,3-4,8-9,12-13H2,1-2H3,(H2,25,27,28,29)/t16-,24+. The number of carbonyl (C=O) groups excluding carboxylic acids is 1. The summed E-state index contributed by atoms with van der Waals surface area (Å²) in [4.78, 5) is 27.5. The van der Waals surface area contributed by atoms with Crippen molar-refractivity contribution in [1.29, 1.82) is 0 Å². The average Bonchev–Trinajstić information content (AvgIpc) is 3.56. The number of aromatic nitrogens is 5. The van der Waals surface area contributed by atoms with Crippen LogP contribution in [0.1, 0.15) is 32.6 Å². The van der Waals surface area contributed by atoms with Crippen molar-refractivity contribution in [2.75, 3.05) is 25.5 Å². The maximum Gasteiger partial charge on any atom is 0.228 e. The van der Waals surface area contributed by atoms with Crippen LogP contribution in [0.4, 0.5) is 5.95 Å². The van der Waals surface area contributed by atoms with Crippen LogP contribution < -0.4 is 10.1 Å². The van der Waals surface area contributed by atoms with Crippen LogP contribution in [0.15, 0.2) is 36.8 Å². The molecule has 0 atom stereocenters. The molecule has 1 aliphatic heterocycles. The van der Waals surface area contributed by atoms with E-state index >= 15 is 0 Å². The number of ether oxygens (including phenoxy) is 1. The average molecular weight is 446 g/mol. The lowest BCUT2D eigenvalue weighted by atomic mass is 9.66. The lowest BCUT2D eigenvalue weighted by Crippen LogP contribution is -2.53. The minimum atomic E-state index is -0.290. The van der Waals surface area contributed by atoms with Crippen LogP contribution in [0.5, 0.6) is 5.88 Å². The number of amides is 1. The molecule has 9 heteroatoms. The van der Waals surface area contributed by atoms with Crippen LogP contribution in [0.25, 0.3) is 27.7 Å². The van der Waals surface area contributed by atoms with Crippen LogP contribution in [-0.2, 0) is 4.79 Å². The van der Waals surface area contributed by atoms with Crippen molar-refractivity contribution in [3.8, 4) is 17.0 Å². The molecule has 6 rings (SSSR count). The molecule has 0 aromatic carbocycles. The van der Waals surface area contributed by atoms with Crippen LogP contribution in [0, 0.1) is 5.41 Å². The second-order valence-electron chi connectivity index (χ2n) is 9.41. The lowest BCUT2D eigenvalue weighted by Gasteiger charge is -2.45. The molecule has 1 saturated heterocycles. The van der Waals surface area contributed by atoms with E-state index in [1.54, 1.807) is 13.3 Å². The summed E-state index contributed by atoms with van der Waals surface area (Å²) in [5.74, 6) is 1.32. The van der Waals surface area contributed by atoms with E-state index in [4.69, 9.17) is 9.72 Å². The molecule has 4 aromatic heterocycles. The summed E-state index contributed by atoms with van der Waals surface area (Å²) in [7, 11) is 1.62. The van der Waals surface area contributed by atoms with Gasteiger partial charge in [-0.2, -0.15) is 15.1 Å². The van der Waals surface area contributed by atoms with Gasteiger partial charge in [0.2, 0.25) is 17.7 Å². The smallest absolute Gasteiger partial charge is 0.228 e. The molecule has 0 unspecified atom stereocenters. The van der Waals surface area contributed by atoms with Crippen molar-refractivity contribution in [2.24, 2.45) is 5.41 Å². The summed E-state index contributed by atoms with van der Waals surface area (Å²) in [5, 5.41) is 8.51. The second kappa shape index (κ2) is 7.47. The van der Waals surface area contributed by atoms with Crippen molar-refractivity contribution in [3.63, 3.8) is 0 Å². The Hall–Kier alpha value is -3.62. The zero-order valence-corrected chi connectivity index (χ0v) is 18.8. The number of hydrogen-bond acceptors (Lipinski definition) is 6. The van der Waals surface area contributed by atoms with Gasteiger partial charge in [0.25, 0.3) is 0 Å². The predicted octanol–water partition coefficient (Wildman–Crippen LogP) is 3.48. The summed E-state index contributed by atoms with van der Waals surface area (Å²) in [6.07, 6.45) is 9.45. The van der Waals surface area contributed by atoms with E-state index in [1.165, 1.54) is 0 Å². The Balaban J connectivity index is 1.24. The number of likely N-dealkylation sites (tertiary alicyclic amines) is 1. The molecule has 1 aliphatic carbocycles. The third-order valence-electron chi connectivity index (χ3n) is 7.04. The highest BCUT2D eigenvalue weighted by Crippen LogP contribution is 2.44. The SMILES string of the molecule is COc1nc(N[C@H]2C[C@@](C)(C(=O)N3CCCC3)C2)nc2[nH]cc(-c3ccn4nccc4c3)c12. The van der Waals surface area contributed by atoms with Crippen molar-refractivity contribution in [2.45, 2.75) is 38.6 Å². The fourth-order valence-electron chi connectivity index (χ4n) is 5.32. The number of aromatic amines is 1. The van der Waals surface area contributed by atoms with E-state index in [0.717, 1.165) is 60.8 Å². The van der Waals surface area contributed by atoms with Crippen molar-refractivity contribution in [1.82, 2.24) is 29.5 Å². The molecule has 1 saturated carbocycles. The lowest BCUT2D eigenvalue weighted by molar-refractivity contribution is -0.145. The van der Waals surface area contributed by atoms with E-state index < -0.39 is 0 Å². The molecule has 2 fully saturated rings. The molecule has 4 aromatic rings. The van der Waals surface area contributed by atoms with Gasteiger partial charge in [0.1, 0.15) is 5.65 Å². The van der Waals surface area contributed by atoms with Gasteiger partial charge in [-0.05, 0) is 49.4 Å². The predicted molar refractivity (Wildman–Crippen MR) is 125 cm³/mol. The van der Waals surface area contributed by atoms with Gasteiger partial charge >= 0.3 is 0 Å². The summed E-state index contributed by atoms with van der Waals surface area (Å²) in [5.41, 5.74) is 3.44. The maximum atomic E-state index is 12.9. The first-order chi connectivity index (χ1) is 16.0. The summed E-state index contributed by atoms with van der Waals surface area (Å²) in [6, 6.07) is 6.23. The van der Waals surface area contributed by atoms with Gasteiger partial charge in [0.15, 0.2) is 0 Å². The minimum absolute atomic E-state index is 0.169. The minimum Gasteiger partial charge on any atom is -0.480 e. The molecule has 170 valence electrons. The Morgan fingerprint density at radius 3 is 2.85 bits per heavy atom. The Morgan fingerprint density at radius 1 is 1.24 bits per heavy atom. The summed E-state index contributed by atoms with van der Waals surface area (Å²) < 4.78 is 7.48. The maximum absolute atomic E-state index is 12.9. The van der Waals surface area contributed by atoms with Gasteiger partial charge in [-0.1, -0.05) is 6.92 Å². The van der Waals surface area contributed by atoms with Gasteiger partial charge in [0, 0.05) is 43.3 Å². The van der Waals surface area contributed by atoms with E-state index in [0.29, 0.717) is 17.5 Å². The molecule has 1 amide bonds. The molecule has 2 N–H and O–H groups in total. The number of pyridine rings is 1. The molecule has 5 heterocycles. The van der Waals surface area contributed by atoms with Crippen LogP contribution in [0.2, 0.25) is 0 Å². The third-order valence-corrected chi connectivity index (χ3v) is 7.04.